The van der Waals surface area contributed by atoms with E-state index in [2.05, 4.69) is 16.8 Å². The lowest BCUT2D eigenvalue weighted by molar-refractivity contribution is 0.128. The lowest BCUT2D eigenvalue weighted by Gasteiger charge is -2.40. The van der Waals surface area contributed by atoms with Crippen LogP contribution in [-0.2, 0) is 0 Å². The van der Waals surface area contributed by atoms with Gasteiger partial charge in [-0.25, -0.2) is 8.78 Å². The highest BCUT2D eigenvalue weighted by Gasteiger charge is 2.40. The molecule has 4 heteroatoms. The molecule has 3 atom stereocenters. The normalized spacial score (nSPS) is 25.1. The molecule has 2 aromatic carbocycles. The quantitative estimate of drug-likeness (QED) is 0.735. The summed E-state index contributed by atoms with van der Waals surface area (Å²) in [6.07, 6.45) is 6.69. The molecular weight excluding hydrogens is 342 g/mol. The first-order valence-electron chi connectivity index (χ1n) is 9.77. The standard InChI is InChI=1S/C23H26F2N2/c1-2-13-27-21-11-12-22(27)15-20(14-21)26-23(16-3-7-18(24)8-4-16)17-5-9-19(25)10-6-17/h2-10,20-23,26H,1,11-15H2/t20?,21-,22+. The van der Waals surface area contributed by atoms with Crippen LogP contribution in [0, 0.1) is 11.6 Å². The molecule has 2 aliphatic rings. The number of nitrogens with one attached hydrogen (secondary N) is 1. The van der Waals surface area contributed by atoms with Crippen LogP contribution in [0.1, 0.15) is 42.9 Å². The van der Waals surface area contributed by atoms with Crippen molar-refractivity contribution in [1.29, 1.82) is 0 Å². The maximum atomic E-state index is 13.4. The zero-order valence-electron chi connectivity index (χ0n) is 15.5. The van der Waals surface area contributed by atoms with Crippen molar-refractivity contribution >= 4 is 0 Å². The first-order chi connectivity index (χ1) is 13.1. The van der Waals surface area contributed by atoms with E-state index in [-0.39, 0.29) is 17.7 Å². The molecule has 2 heterocycles. The van der Waals surface area contributed by atoms with Gasteiger partial charge in [0.15, 0.2) is 0 Å². The van der Waals surface area contributed by atoms with Crippen LogP contribution in [0.5, 0.6) is 0 Å². The van der Waals surface area contributed by atoms with Gasteiger partial charge in [-0.15, -0.1) is 6.58 Å². The van der Waals surface area contributed by atoms with Gasteiger partial charge in [-0.05, 0) is 61.1 Å². The minimum atomic E-state index is -0.243. The summed E-state index contributed by atoms with van der Waals surface area (Å²) in [5.74, 6) is -0.486. The van der Waals surface area contributed by atoms with Crippen LogP contribution in [0.3, 0.4) is 0 Å². The zero-order valence-corrected chi connectivity index (χ0v) is 15.5. The SMILES string of the molecule is C=CCN1[C@@H]2CC[C@H]1CC(NC(c1ccc(F)cc1)c1ccc(F)cc1)C2. The van der Waals surface area contributed by atoms with E-state index >= 15 is 0 Å². The summed E-state index contributed by atoms with van der Waals surface area (Å²) in [5.41, 5.74) is 2.01. The van der Waals surface area contributed by atoms with Crippen LogP contribution in [-0.4, -0.2) is 29.6 Å². The molecule has 4 rings (SSSR count). The summed E-state index contributed by atoms with van der Waals surface area (Å²) < 4.78 is 26.8. The molecule has 2 aromatic rings. The molecule has 1 N–H and O–H groups in total. The Bertz CT molecular complexity index is 712. The number of piperidine rings is 1. The van der Waals surface area contributed by atoms with Gasteiger partial charge in [0, 0.05) is 24.7 Å². The van der Waals surface area contributed by atoms with Crippen LogP contribution < -0.4 is 5.32 Å². The van der Waals surface area contributed by atoms with Gasteiger partial charge in [0.2, 0.25) is 0 Å². The van der Waals surface area contributed by atoms with Crippen molar-refractivity contribution in [3.8, 4) is 0 Å². The molecule has 2 bridgehead atoms. The zero-order chi connectivity index (χ0) is 18.8. The van der Waals surface area contributed by atoms with Gasteiger partial charge in [-0.2, -0.15) is 0 Å². The molecule has 1 unspecified atom stereocenters. The number of fused-ring (bicyclic) bond motifs is 2. The van der Waals surface area contributed by atoms with Gasteiger partial charge < -0.3 is 5.32 Å². The Morgan fingerprint density at radius 1 is 0.926 bits per heavy atom. The lowest BCUT2D eigenvalue weighted by Crippen LogP contribution is -2.49. The summed E-state index contributed by atoms with van der Waals surface area (Å²) >= 11 is 0. The van der Waals surface area contributed by atoms with Crippen molar-refractivity contribution < 1.29 is 8.78 Å². The van der Waals surface area contributed by atoms with E-state index in [1.807, 2.05) is 30.3 Å². The highest BCUT2D eigenvalue weighted by Crippen LogP contribution is 2.37. The monoisotopic (exact) mass is 368 g/mol. The van der Waals surface area contributed by atoms with Crippen molar-refractivity contribution in [2.24, 2.45) is 0 Å². The third-order valence-corrected chi connectivity index (χ3v) is 6.03. The minimum absolute atomic E-state index is 0.0680. The number of halogens is 2. The number of nitrogens with zero attached hydrogens (tertiary/aromatic N) is 1. The van der Waals surface area contributed by atoms with Crippen molar-refractivity contribution in [2.75, 3.05) is 6.54 Å². The topological polar surface area (TPSA) is 15.3 Å². The number of rotatable bonds is 6. The van der Waals surface area contributed by atoms with E-state index in [1.165, 1.54) is 37.1 Å². The molecule has 2 saturated heterocycles. The summed E-state index contributed by atoms with van der Waals surface area (Å²) in [6.45, 7) is 4.85. The van der Waals surface area contributed by atoms with Gasteiger partial charge in [0.25, 0.3) is 0 Å². The van der Waals surface area contributed by atoms with Crippen LogP contribution in [0.2, 0.25) is 0 Å². The average molecular weight is 368 g/mol. The van der Waals surface area contributed by atoms with Crippen molar-refractivity contribution in [3.63, 3.8) is 0 Å². The van der Waals surface area contributed by atoms with E-state index in [0.29, 0.717) is 18.1 Å². The molecule has 142 valence electrons. The number of hydrogen-bond acceptors (Lipinski definition) is 2. The molecule has 27 heavy (non-hydrogen) atoms. The van der Waals surface area contributed by atoms with Gasteiger partial charge in [0.1, 0.15) is 11.6 Å². The summed E-state index contributed by atoms with van der Waals surface area (Å²) in [4.78, 5) is 2.58. The summed E-state index contributed by atoms with van der Waals surface area (Å²) in [5, 5.41) is 3.79. The van der Waals surface area contributed by atoms with E-state index in [0.717, 1.165) is 30.5 Å². The Kier molecular flexibility index (Phi) is 5.37. The van der Waals surface area contributed by atoms with Crippen molar-refractivity contribution in [3.05, 3.63) is 83.9 Å². The minimum Gasteiger partial charge on any atom is -0.303 e. The smallest absolute Gasteiger partial charge is 0.123 e. The lowest BCUT2D eigenvalue weighted by atomic mass is 9.92. The Hall–Kier alpha value is -2.04. The van der Waals surface area contributed by atoms with E-state index in [1.54, 1.807) is 0 Å². The first kappa shape index (κ1) is 18.3. The molecule has 2 aliphatic heterocycles. The summed E-state index contributed by atoms with van der Waals surface area (Å²) in [6, 6.07) is 14.8. The van der Waals surface area contributed by atoms with E-state index in [9.17, 15) is 8.78 Å². The Labute approximate surface area is 159 Å². The highest BCUT2D eigenvalue weighted by atomic mass is 19.1. The summed E-state index contributed by atoms with van der Waals surface area (Å²) in [7, 11) is 0. The third kappa shape index (κ3) is 3.97. The predicted molar refractivity (Wildman–Crippen MR) is 105 cm³/mol. The molecule has 0 spiro atoms. The Balaban J connectivity index is 1.56. The maximum absolute atomic E-state index is 13.4. The van der Waals surface area contributed by atoms with Crippen molar-refractivity contribution in [2.45, 2.75) is 49.9 Å². The van der Waals surface area contributed by atoms with Gasteiger partial charge in [0.05, 0.1) is 6.04 Å². The predicted octanol–water partition coefficient (Wildman–Crippen LogP) is 4.83. The first-order valence-corrected chi connectivity index (χ1v) is 9.77. The average Bonchev–Trinajstić information content (AvgIpc) is 2.90. The highest BCUT2D eigenvalue weighted by molar-refractivity contribution is 5.32. The number of benzene rings is 2. The molecule has 0 radical (unpaired) electrons. The van der Waals surface area contributed by atoms with E-state index < -0.39 is 0 Å². The van der Waals surface area contributed by atoms with Gasteiger partial charge in [-0.3, -0.25) is 4.90 Å². The maximum Gasteiger partial charge on any atom is 0.123 e. The van der Waals surface area contributed by atoms with Crippen LogP contribution in [0.4, 0.5) is 8.78 Å². The molecule has 0 aliphatic carbocycles. The molecule has 0 saturated carbocycles. The fraction of sp³-hybridized carbons (Fsp3) is 0.391. The largest absolute Gasteiger partial charge is 0.303 e. The second-order valence-electron chi connectivity index (χ2n) is 7.74. The number of hydrogen-bond donors (Lipinski definition) is 1. The molecule has 0 amide bonds. The van der Waals surface area contributed by atoms with Crippen LogP contribution in [0.25, 0.3) is 0 Å². The van der Waals surface area contributed by atoms with Crippen LogP contribution in [0.15, 0.2) is 61.2 Å². The van der Waals surface area contributed by atoms with Gasteiger partial charge in [-0.1, -0.05) is 30.3 Å². The molecular formula is C23H26F2N2. The van der Waals surface area contributed by atoms with Gasteiger partial charge >= 0.3 is 0 Å². The molecule has 2 fully saturated rings. The van der Waals surface area contributed by atoms with E-state index in [4.69, 9.17) is 0 Å². The Morgan fingerprint density at radius 2 is 1.41 bits per heavy atom. The third-order valence-electron chi connectivity index (χ3n) is 6.03. The fourth-order valence-corrected chi connectivity index (χ4v) is 4.79. The van der Waals surface area contributed by atoms with Crippen LogP contribution >= 0.6 is 0 Å². The second kappa shape index (κ2) is 7.91. The second-order valence-corrected chi connectivity index (χ2v) is 7.74. The fourth-order valence-electron chi connectivity index (χ4n) is 4.79. The molecule has 0 aromatic heterocycles. The Morgan fingerprint density at radius 3 is 1.85 bits per heavy atom. The van der Waals surface area contributed by atoms with Crippen molar-refractivity contribution in [1.82, 2.24) is 10.2 Å². The molecule has 2 nitrogen and oxygen atoms in total.